The van der Waals surface area contributed by atoms with Gasteiger partial charge in [0, 0.05) is 10.6 Å². The molecule has 6 heteroatoms. The van der Waals surface area contributed by atoms with E-state index in [4.69, 9.17) is 23.2 Å². The molecular weight excluding hydrogens is 283 g/mol. The molecule has 100 valence electrons. The van der Waals surface area contributed by atoms with E-state index in [2.05, 4.69) is 20.5 Å². The Morgan fingerprint density at radius 3 is 2.84 bits per heavy atom. The van der Waals surface area contributed by atoms with Crippen LogP contribution in [0.4, 0.5) is 0 Å². The predicted molar refractivity (Wildman–Crippen MR) is 76.4 cm³/mol. The molecule has 0 saturated carbocycles. The highest BCUT2D eigenvalue weighted by Crippen LogP contribution is 2.29. The monoisotopic (exact) mass is 296 g/mol. The van der Waals surface area contributed by atoms with Crippen LogP contribution in [0, 0.1) is 0 Å². The summed E-state index contributed by atoms with van der Waals surface area (Å²) >= 11 is 12.1. The summed E-state index contributed by atoms with van der Waals surface area (Å²) in [6.07, 6.45) is 3.53. The average Bonchev–Trinajstić information content (AvgIpc) is 2.89. The van der Waals surface area contributed by atoms with Gasteiger partial charge in [-0.15, -0.1) is 0 Å². The molecule has 19 heavy (non-hydrogen) atoms. The highest BCUT2D eigenvalue weighted by Gasteiger charge is 2.19. The zero-order valence-corrected chi connectivity index (χ0v) is 11.8. The summed E-state index contributed by atoms with van der Waals surface area (Å²) < 4.78 is 0. The van der Waals surface area contributed by atoms with Crippen molar-refractivity contribution in [1.29, 1.82) is 0 Å². The van der Waals surface area contributed by atoms with Gasteiger partial charge in [0.2, 0.25) is 0 Å². The molecule has 1 fully saturated rings. The summed E-state index contributed by atoms with van der Waals surface area (Å²) in [5.74, 6) is 1.49. The van der Waals surface area contributed by atoms with E-state index in [1.54, 1.807) is 12.1 Å². The van der Waals surface area contributed by atoms with Gasteiger partial charge in [-0.25, -0.2) is 4.98 Å². The fourth-order valence-corrected chi connectivity index (χ4v) is 2.80. The first-order valence-corrected chi connectivity index (χ1v) is 7.11. The number of hydrogen-bond donors (Lipinski definition) is 2. The van der Waals surface area contributed by atoms with E-state index in [1.165, 1.54) is 12.8 Å². The summed E-state index contributed by atoms with van der Waals surface area (Å²) in [6, 6.07) is 5.60. The maximum absolute atomic E-state index is 6.17. The maximum atomic E-state index is 6.17. The SMILES string of the molecule is Clc1ccc(-c2n[nH]c(C3CCCCN3)n2)c(Cl)c1. The molecule has 2 N–H and O–H groups in total. The molecule has 4 nitrogen and oxygen atoms in total. The van der Waals surface area contributed by atoms with Crippen LogP contribution in [0.1, 0.15) is 31.1 Å². The second-order valence-corrected chi connectivity index (χ2v) is 5.51. The van der Waals surface area contributed by atoms with Gasteiger partial charge in [0.25, 0.3) is 0 Å². The third-order valence-electron chi connectivity index (χ3n) is 3.32. The molecule has 1 aromatic heterocycles. The lowest BCUT2D eigenvalue weighted by Crippen LogP contribution is -2.27. The smallest absolute Gasteiger partial charge is 0.182 e. The maximum Gasteiger partial charge on any atom is 0.182 e. The molecule has 1 atom stereocenters. The molecule has 1 aliphatic heterocycles. The van der Waals surface area contributed by atoms with E-state index in [9.17, 15) is 0 Å². The molecule has 0 spiro atoms. The lowest BCUT2D eigenvalue weighted by atomic mass is 10.0. The highest BCUT2D eigenvalue weighted by atomic mass is 35.5. The van der Waals surface area contributed by atoms with E-state index in [1.807, 2.05) is 6.07 Å². The molecule has 3 rings (SSSR count). The Hall–Kier alpha value is -1.10. The molecule has 2 heterocycles. The van der Waals surface area contributed by atoms with Crippen molar-refractivity contribution in [2.24, 2.45) is 0 Å². The Balaban J connectivity index is 1.87. The third kappa shape index (κ3) is 2.76. The number of hydrogen-bond acceptors (Lipinski definition) is 3. The topological polar surface area (TPSA) is 53.6 Å². The van der Waals surface area contributed by atoms with Crippen molar-refractivity contribution in [3.05, 3.63) is 34.1 Å². The first-order chi connectivity index (χ1) is 9.24. The first kappa shape index (κ1) is 12.9. The van der Waals surface area contributed by atoms with Crippen LogP contribution in [0.2, 0.25) is 10.0 Å². The average molecular weight is 297 g/mol. The first-order valence-electron chi connectivity index (χ1n) is 6.35. The van der Waals surface area contributed by atoms with Crippen LogP contribution in [0.15, 0.2) is 18.2 Å². The molecule has 1 saturated heterocycles. The van der Waals surface area contributed by atoms with Gasteiger partial charge < -0.3 is 5.32 Å². The quantitative estimate of drug-likeness (QED) is 0.890. The Kier molecular flexibility index (Phi) is 3.73. The Morgan fingerprint density at radius 2 is 2.11 bits per heavy atom. The van der Waals surface area contributed by atoms with E-state index in [0.717, 1.165) is 24.4 Å². The minimum Gasteiger partial charge on any atom is -0.307 e. The molecule has 1 aliphatic rings. The summed E-state index contributed by atoms with van der Waals surface area (Å²) in [5.41, 5.74) is 0.796. The van der Waals surface area contributed by atoms with E-state index in [-0.39, 0.29) is 6.04 Å². The standard InChI is InChI=1S/C13H14Cl2N4/c14-8-4-5-9(10(15)7-8)12-17-13(19-18-12)11-3-1-2-6-16-11/h4-5,7,11,16H,1-3,6H2,(H,17,18,19). The van der Waals surface area contributed by atoms with Crippen molar-refractivity contribution in [1.82, 2.24) is 20.5 Å². The van der Waals surface area contributed by atoms with Crippen molar-refractivity contribution in [3.8, 4) is 11.4 Å². The Bertz CT molecular complexity index is 576. The molecule has 0 amide bonds. The largest absolute Gasteiger partial charge is 0.307 e. The summed E-state index contributed by atoms with van der Waals surface area (Å²) in [6.45, 7) is 1.03. The third-order valence-corrected chi connectivity index (χ3v) is 3.86. The molecule has 0 aliphatic carbocycles. The number of aromatic amines is 1. The number of piperidine rings is 1. The van der Waals surface area contributed by atoms with Gasteiger partial charge in [-0.2, -0.15) is 5.10 Å². The number of halogens is 2. The van der Waals surface area contributed by atoms with Crippen LogP contribution in [0.3, 0.4) is 0 Å². The molecule has 1 aromatic carbocycles. The van der Waals surface area contributed by atoms with Crippen LogP contribution in [0.5, 0.6) is 0 Å². The highest BCUT2D eigenvalue weighted by molar-refractivity contribution is 6.36. The minimum atomic E-state index is 0.265. The van der Waals surface area contributed by atoms with Crippen LogP contribution in [-0.2, 0) is 0 Å². The Labute approximate surface area is 121 Å². The predicted octanol–water partition coefficient (Wildman–Crippen LogP) is 3.59. The normalized spacial score (nSPS) is 19.6. The van der Waals surface area contributed by atoms with Gasteiger partial charge >= 0.3 is 0 Å². The van der Waals surface area contributed by atoms with Crippen molar-refractivity contribution in [2.45, 2.75) is 25.3 Å². The number of aromatic nitrogens is 3. The Morgan fingerprint density at radius 1 is 1.21 bits per heavy atom. The lowest BCUT2D eigenvalue weighted by Gasteiger charge is -2.20. The van der Waals surface area contributed by atoms with Gasteiger partial charge in [-0.05, 0) is 37.6 Å². The minimum absolute atomic E-state index is 0.265. The van der Waals surface area contributed by atoms with Crippen LogP contribution in [-0.4, -0.2) is 21.7 Å². The summed E-state index contributed by atoms with van der Waals surface area (Å²) in [4.78, 5) is 4.54. The summed E-state index contributed by atoms with van der Waals surface area (Å²) in [7, 11) is 0. The second-order valence-electron chi connectivity index (χ2n) is 4.67. The van der Waals surface area contributed by atoms with Gasteiger partial charge in [0.1, 0.15) is 5.82 Å². The fourth-order valence-electron chi connectivity index (χ4n) is 2.31. The van der Waals surface area contributed by atoms with Gasteiger partial charge in [-0.3, -0.25) is 5.10 Å². The molecule has 2 aromatic rings. The summed E-state index contributed by atoms with van der Waals surface area (Å²) in [5, 5.41) is 11.9. The van der Waals surface area contributed by atoms with E-state index < -0.39 is 0 Å². The van der Waals surface area contributed by atoms with Gasteiger partial charge in [0.05, 0.1) is 11.1 Å². The zero-order chi connectivity index (χ0) is 13.2. The number of nitrogens with zero attached hydrogens (tertiary/aromatic N) is 2. The van der Waals surface area contributed by atoms with Gasteiger partial charge in [-0.1, -0.05) is 29.6 Å². The fraction of sp³-hybridized carbons (Fsp3) is 0.385. The second kappa shape index (κ2) is 5.49. The van der Waals surface area contributed by atoms with Gasteiger partial charge in [0.15, 0.2) is 5.82 Å². The molecule has 0 radical (unpaired) electrons. The van der Waals surface area contributed by atoms with Crippen LogP contribution >= 0.6 is 23.2 Å². The molecule has 1 unspecified atom stereocenters. The molecule has 0 bridgehead atoms. The zero-order valence-electron chi connectivity index (χ0n) is 10.3. The van der Waals surface area contributed by atoms with Crippen molar-refractivity contribution in [2.75, 3.05) is 6.54 Å². The number of benzene rings is 1. The van der Waals surface area contributed by atoms with Crippen molar-refractivity contribution in [3.63, 3.8) is 0 Å². The number of nitrogens with one attached hydrogen (secondary N) is 2. The number of rotatable bonds is 2. The van der Waals surface area contributed by atoms with E-state index >= 15 is 0 Å². The van der Waals surface area contributed by atoms with Crippen LogP contribution < -0.4 is 5.32 Å². The molecular formula is C13H14Cl2N4. The lowest BCUT2D eigenvalue weighted by molar-refractivity contribution is 0.398. The number of H-pyrrole nitrogens is 1. The van der Waals surface area contributed by atoms with Crippen molar-refractivity contribution < 1.29 is 0 Å². The van der Waals surface area contributed by atoms with Crippen molar-refractivity contribution >= 4 is 23.2 Å². The van der Waals surface area contributed by atoms with E-state index in [0.29, 0.717) is 15.9 Å². The van der Waals surface area contributed by atoms with Crippen LogP contribution in [0.25, 0.3) is 11.4 Å².